The summed E-state index contributed by atoms with van der Waals surface area (Å²) in [6.07, 6.45) is 7.77. The van der Waals surface area contributed by atoms with Crippen LogP contribution in [0.4, 0.5) is 5.82 Å². The first-order chi connectivity index (χ1) is 12.1. The Balaban J connectivity index is 1.64. The average Bonchev–Trinajstić information content (AvgIpc) is 3.02. The third-order valence-electron chi connectivity index (χ3n) is 4.64. The Bertz CT molecular complexity index is 809. The second-order valence-electron chi connectivity index (χ2n) is 6.13. The van der Waals surface area contributed by atoms with Crippen LogP contribution in [-0.2, 0) is 11.8 Å². The molecule has 0 spiro atoms. The summed E-state index contributed by atoms with van der Waals surface area (Å²) in [6.45, 7) is 1.39. The third-order valence-corrected chi connectivity index (χ3v) is 4.64. The number of anilines is 1. The molecule has 0 unspecified atom stereocenters. The number of rotatable bonds is 4. The second kappa shape index (κ2) is 7.22. The van der Waals surface area contributed by atoms with E-state index in [9.17, 15) is 9.59 Å². The molecule has 6 heteroatoms. The minimum atomic E-state index is -0.0601. The van der Waals surface area contributed by atoms with Crippen molar-refractivity contribution in [3.63, 3.8) is 0 Å². The summed E-state index contributed by atoms with van der Waals surface area (Å²) in [5.41, 5.74) is 2.62. The molecule has 1 fully saturated rings. The van der Waals surface area contributed by atoms with Crippen molar-refractivity contribution in [3.05, 3.63) is 47.2 Å². The molecule has 0 bridgehead atoms. The number of aromatic nitrogens is 2. The summed E-state index contributed by atoms with van der Waals surface area (Å²) in [5.74, 6) is 3.38. The quantitative estimate of drug-likeness (QED) is 0.686. The molecular formula is C19H20N4O2. The van der Waals surface area contributed by atoms with Crippen LogP contribution in [0.3, 0.4) is 0 Å². The zero-order valence-electron chi connectivity index (χ0n) is 14.1. The zero-order chi connectivity index (χ0) is 17.8. The van der Waals surface area contributed by atoms with Crippen LogP contribution in [0.1, 0.15) is 40.4 Å². The lowest BCUT2D eigenvalue weighted by Gasteiger charge is -2.32. The smallest absolute Gasteiger partial charge is 0.272 e. The van der Waals surface area contributed by atoms with Crippen LogP contribution < -0.4 is 5.32 Å². The van der Waals surface area contributed by atoms with Gasteiger partial charge in [0.2, 0.25) is 6.41 Å². The molecule has 2 amide bonds. The Morgan fingerprint density at radius 3 is 2.60 bits per heavy atom. The lowest BCUT2D eigenvalue weighted by molar-refractivity contribution is -0.105. The number of likely N-dealkylation sites (tertiary alicyclic amines) is 1. The second-order valence-corrected chi connectivity index (χ2v) is 6.13. The Hall–Kier alpha value is -3.07. The van der Waals surface area contributed by atoms with Gasteiger partial charge in [0.15, 0.2) is 5.82 Å². The van der Waals surface area contributed by atoms with E-state index in [1.165, 1.54) is 10.2 Å². The van der Waals surface area contributed by atoms with Gasteiger partial charge in [-0.25, -0.2) is 0 Å². The van der Waals surface area contributed by atoms with Gasteiger partial charge in [0.05, 0.1) is 0 Å². The topological polar surface area (TPSA) is 67.2 Å². The number of hydrogen-bond acceptors (Lipinski definition) is 3. The Labute approximate surface area is 146 Å². The van der Waals surface area contributed by atoms with E-state index in [0.29, 0.717) is 36.9 Å². The fraction of sp³-hybridized carbons (Fsp3) is 0.316. The Morgan fingerprint density at radius 2 is 2.00 bits per heavy atom. The van der Waals surface area contributed by atoms with Gasteiger partial charge in [-0.3, -0.25) is 14.3 Å². The molecule has 0 saturated carbocycles. The molecule has 3 rings (SSSR count). The Morgan fingerprint density at radius 1 is 1.32 bits per heavy atom. The summed E-state index contributed by atoms with van der Waals surface area (Å²) >= 11 is 0. The predicted octanol–water partition coefficient (Wildman–Crippen LogP) is 1.99. The van der Waals surface area contributed by atoms with Gasteiger partial charge in [0.25, 0.3) is 5.91 Å². The summed E-state index contributed by atoms with van der Waals surface area (Å²) in [7, 11) is 1.70. The number of piperidine rings is 1. The van der Waals surface area contributed by atoms with E-state index >= 15 is 0 Å². The van der Waals surface area contributed by atoms with Crippen molar-refractivity contribution in [2.45, 2.75) is 18.8 Å². The van der Waals surface area contributed by atoms with Crippen LogP contribution in [0, 0.1) is 12.3 Å². The molecule has 1 N–H and O–H groups in total. The lowest BCUT2D eigenvalue weighted by atomic mass is 9.89. The van der Waals surface area contributed by atoms with E-state index in [4.69, 9.17) is 6.42 Å². The van der Waals surface area contributed by atoms with Gasteiger partial charge in [-0.2, -0.15) is 5.10 Å². The molecule has 2 aromatic rings. The van der Waals surface area contributed by atoms with Gasteiger partial charge in [-0.15, -0.1) is 6.42 Å². The summed E-state index contributed by atoms with van der Waals surface area (Å²) in [6, 6.07) is 9.68. The van der Waals surface area contributed by atoms with Gasteiger partial charge in [-0.1, -0.05) is 18.1 Å². The molecule has 2 heterocycles. The number of carbonyl (C=O) groups excluding carboxylic acids is 2. The van der Waals surface area contributed by atoms with Crippen molar-refractivity contribution in [3.8, 4) is 12.3 Å². The number of amides is 2. The highest BCUT2D eigenvalue weighted by Crippen LogP contribution is 2.29. The predicted molar refractivity (Wildman–Crippen MR) is 95.2 cm³/mol. The van der Waals surface area contributed by atoms with E-state index in [1.54, 1.807) is 13.1 Å². The van der Waals surface area contributed by atoms with Crippen molar-refractivity contribution in [1.82, 2.24) is 14.7 Å². The van der Waals surface area contributed by atoms with E-state index in [-0.39, 0.29) is 5.91 Å². The lowest BCUT2D eigenvalue weighted by Crippen LogP contribution is -2.38. The van der Waals surface area contributed by atoms with E-state index in [0.717, 1.165) is 18.4 Å². The maximum Gasteiger partial charge on any atom is 0.272 e. The standard InChI is InChI=1S/C19H20N4O2/c1-3-14-4-6-15(7-5-14)16-8-10-23(11-9-16)19(25)17-12-18(20-13-24)21-22(17)2/h1,4-7,12-13,16H,8-11H2,2H3,(H,20,21,24). The van der Waals surface area contributed by atoms with Gasteiger partial charge < -0.3 is 10.2 Å². The van der Waals surface area contributed by atoms with Crippen molar-refractivity contribution >= 4 is 18.1 Å². The molecule has 25 heavy (non-hydrogen) atoms. The zero-order valence-corrected chi connectivity index (χ0v) is 14.1. The molecule has 1 aliphatic rings. The maximum absolute atomic E-state index is 12.7. The molecule has 1 aromatic carbocycles. The highest BCUT2D eigenvalue weighted by molar-refractivity contribution is 5.94. The first kappa shape index (κ1) is 16.8. The van der Waals surface area contributed by atoms with Gasteiger partial charge >= 0.3 is 0 Å². The normalized spacial score (nSPS) is 14.8. The highest BCUT2D eigenvalue weighted by Gasteiger charge is 2.26. The van der Waals surface area contributed by atoms with Gasteiger partial charge in [0, 0.05) is 31.8 Å². The van der Waals surface area contributed by atoms with Crippen molar-refractivity contribution < 1.29 is 9.59 Å². The molecule has 0 atom stereocenters. The maximum atomic E-state index is 12.7. The van der Waals surface area contributed by atoms with E-state index in [2.05, 4.69) is 28.5 Å². The first-order valence-corrected chi connectivity index (χ1v) is 8.22. The van der Waals surface area contributed by atoms with Crippen LogP contribution in [0.5, 0.6) is 0 Å². The largest absolute Gasteiger partial charge is 0.337 e. The number of nitrogens with zero attached hydrogens (tertiary/aromatic N) is 3. The summed E-state index contributed by atoms with van der Waals surface area (Å²) < 4.78 is 1.50. The Kier molecular flexibility index (Phi) is 4.85. The van der Waals surface area contributed by atoms with Gasteiger partial charge in [-0.05, 0) is 36.5 Å². The third kappa shape index (κ3) is 3.56. The SMILES string of the molecule is C#Cc1ccc(C2CCN(C(=O)c3cc(NC=O)nn3C)CC2)cc1. The van der Waals surface area contributed by atoms with Crippen LogP contribution in [0.2, 0.25) is 0 Å². The molecular weight excluding hydrogens is 316 g/mol. The number of aryl methyl sites for hydroxylation is 1. The van der Waals surface area contributed by atoms with Crippen LogP contribution in [0.15, 0.2) is 30.3 Å². The van der Waals surface area contributed by atoms with Crippen molar-refractivity contribution in [2.75, 3.05) is 18.4 Å². The molecule has 1 aliphatic heterocycles. The minimum absolute atomic E-state index is 0.0601. The molecule has 0 aliphatic carbocycles. The molecule has 0 radical (unpaired) electrons. The molecule has 128 valence electrons. The fourth-order valence-electron chi connectivity index (χ4n) is 3.23. The fourth-order valence-corrected chi connectivity index (χ4v) is 3.23. The highest BCUT2D eigenvalue weighted by atomic mass is 16.2. The number of terminal acetylenes is 1. The molecule has 1 aromatic heterocycles. The van der Waals surface area contributed by atoms with E-state index in [1.807, 2.05) is 17.0 Å². The number of benzene rings is 1. The molecule has 6 nitrogen and oxygen atoms in total. The minimum Gasteiger partial charge on any atom is -0.337 e. The van der Waals surface area contributed by atoms with Crippen LogP contribution >= 0.6 is 0 Å². The van der Waals surface area contributed by atoms with Crippen molar-refractivity contribution in [2.24, 2.45) is 7.05 Å². The van der Waals surface area contributed by atoms with Crippen molar-refractivity contribution in [1.29, 1.82) is 0 Å². The van der Waals surface area contributed by atoms with Crippen LogP contribution in [-0.4, -0.2) is 40.1 Å². The number of carbonyl (C=O) groups is 2. The first-order valence-electron chi connectivity index (χ1n) is 8.22. The monoisotopic (exact) mass is 336 g/mol. The summed E-state index contributed by atoms with van der Waals surface area (Å²) in [5, 5.41) is 6.57. The summed E-state index contributed by atoms with van der Waals surface area (Å²) in [4.78, 5) is 25.0. The van der Waals surface area contributed by atoms with E-state index < -0.39 is 0 Å². The average molecular weight is 336 g/mol. The van der Waals surface area contributed by atoms with Crippen LogP contribution in [0.25, 0.3) is 0 Å². The van der Waals surface area contributed by atoms with Gasteiger partial charge in [0.1, 0.15) is 5.69 Å². The number of nitrogens with one attached hydrogen (secondary N) is 1. The number of hydrogen-bond donors (Lipinski definition) is 1. The molecule has 1 saturated heterocycles.